The van der Waals surface area contributed by atoms with Crippen LogP contribution < -0.4 is 5.32 Å². The van der Waals surface area contributed by atoms with Crippen molar-refractivity contribution in [2.75, 3.05) is 11.9 Å². The van der Waals surface area contributed by atoms with Crippen LogP contribution in [0, 0.1) is 5.82 Å². The average molecular weight is 374 g/mol. The van der Waals surface area contributed by atoms with Crippen LogP contribution in [0.3, 0.4) is 0 Å². The lowest BCUT2D eigenvalue weighted by atomic mass is 9.83. The van der Waals surface area contributed by atoms with E-state index in [1.54, 1.807) is 6.07 Å². The van der Waals surface area contributed by atoms with Gasteiger partial charge in [-0.3, -0.25) is 0 Å². The average Bonchev–Trinajstić information content (AvgIpc) is 2.75. The van der Waals surface area contributed by atoms with Gasteiger partial charge in [-0.1, -0.05) is 67.8 Å². The number of anilines is 1. The molecular formula is C26H28FN. The second-order valence-corrected chi connectivity index (χ2v) is 7.76. The summed E-state index contributed by atoms with van der Waals surface area (Å²) in [4.78, 5) is 0. The van der Waals surface area contributed by atoms with E-state index in [4.69, 9.17) is 0 Å². The van der Waals surface area contributed by atoms with Crippen LogP contribution in [0.2, 0.25) is 0 Å². The van der Waals surface area contributed by atoms with Gasteiger partial charge in [-0.2, -0.15) is 0 Å². The zero-order chi connectivity index (χ0) is 19.3. The molecule has 2 heteroatoms. The number of rotatable bonds is 5. The molecule has 1 nitrogen and oxygen atoms in total. The van der Waals surface area contributed by atoms with Crippen molar-refractivity contribution in [2.45, 2.75) is 44.9 Å². The van der Waals surface area contributed by atoms with Gasteiger partial charge >= 0.3 is 0 Å². The van der Waals surface area contributed by atoms with Crippen LogP contribution in [0.15, 0.2) is 66.7 Å². The molecule has 0 bridgehead atoms. The summed E-state index contributed by atoms with van der Waals surface area (Å²) >= 11 is 0. The number of hydrogen-bond donors (Lipinski definition) is 1. The molecule has 3 aromatic rings. The van der Waals surface area contributed by atoms with Gasteiger partial charge in [0.05, 0.1) is 0 Å². The Hall–Kier alpha value is -2.61. The van der Waals surface area contributed by atoms with Crippen LogP contribution >= 0.6 is 0 Å². The molecule has 144 valence electrons. The molecule has 1 N–H and O–H groups in total. The SMILES string of the molecule is CCNc1ccc(-c2ccc(-c3ccc(C4CCCCC4)cc3)c(F)c2)cc1. The van der Waals surface area contributed by atoms with Crippen molar-refractivity contribution in [3.63, 3.8) is 0 Å². The van der Waals surface area contributed by atoms with Crippen molar-refractivity contribution in [1.29, 1.82) is 0 Å². The Balaban J connectivity index is 1.54. The highest BCUT2D eigenvalue weighted by atomic mass is 19.1. The molecule has 0 unspecified atom stereocenters. The van der Waals surface area contributed by atoms with Crippen molar-refractivity contribution in [3.8, 4) is 22.3 Å². The number of nitrogens with one attached hydrogen (secondary N) is 1. The molecule has 4 rings (SSSR count). The predicted octanol–water partition coefficient (Wildman–Crippen LogP) is 7.64. The van der Waals surface area contributed by atoms with Crippen molar-refractivity contribution in [1.82, 2.24) is 0 Å². The maximum atomic E-state index is 14.9. The molecule has 0 aliphatic heterocycles. The Morgan fingerprint density at radius 2 is 1.43 bits per heavy atom. The molecule has 1 saturated carbocycles. The van der Waals surface area contributed by atoms with E-state index < -0.39 is 0 Å². The third-order valence-corrected chi connectivity index (χ3v) is 5.87. The highest BCUT2D eigenvalue weighted by Gasteiger charge is 2.15. The smallest absolute Gasteiger partial charge is 0.131 e. The lowest BCUT2D eigenvalue weighted by molar-refractivity contribution is 0.443. The largest absolute Gasteiger partial charge is 0.385 e. The summed E-state index contributed by atoms with van der Waals surface area (Å²) in [5.41, 5.74) is 6.04. The summed E-state index contributed by atoms with van der Waals surface area (Å²) in [7, 11) is 0. The Morgan fingerprint density at radius 3 is 2.07 bits per heavy atom. The summed E-state index contributed by atoms with van der Waals surface area (Å²) in [6, 6.07) is 22.2. The number of hydrogen-bond acceptors (Lipinski definition) is 1. The van der Waals surface area contributed by atoms with Crippen LogP contribution in [-0.2, 0) is 0 Å². The first-order valence-electron chi connectivity index (χ1n) is 10.5. The Kier molecular flexibility index (Phi) is 5.76. The fraction of sp³-hybridized carbons (Fsp3) is 0.308. The lowest BCUT2D eigenvalue weighted by Crippen LogP contribution is -2.04. The molecule has 28 heavy (non-hydrogen) atoms. The van der Waals surface area contributed by atoms with Gasteiger partial charge < -0.3 is 5.32 Å². The monoisotopic (exact) mass is 373 g/mol. The molecule has 0 atom stereocenters. The van der Waals surface area contributed by atoms with Gasteiger partial charge in [0.15, 0.2) is 0 Å². The van der Waals surface area contributed by atoms with Gasteiger partial charge in [-0.15, -0.1) is 0 Å². The molecule has 1 fully saturated rings. The molecule has 0 amide bonds. The van der Waals surface area contributed by atoms with E-state index in [0.29, 0.717) is 11.5 Å². The normalized spacial score (nSPS) is 14.8. The molecule has 1 aliphatic carbocycles. The van der Waals surface area contributed by atoms with E-state index in [1.165, 1.54) is 37.7 Å². The van der Waals surface area contributed by atoms with Crippen LogP contribution in [0.25, 0.3) is 22.3 Å². The van der Waals surface area contributed by atoms with Crippen molar-refractivity contribution in [3.05, 3.63) is 78.1 Å². The van der Waals surface area contributed by atoms with Gasteiger partial charge in [0.25, 0.3) is 0 Å². The fourth-order valence-electron chi connectivity index (χ4n) is 4.28. The van der Waals surface area contributed by atoms with Crippen molar-refractivity contribution >= 4 is 5.69 Å². The molecule has 0 heterocycles. The highest BCUT2D eigenvalue weighted by Crippen LogP contribution is 2.34. The van der Waals surface area contributed by atoms with Gasteiger partial charge in [-0.05, 0) is 66.1 Å². The summed E-state index contributed by atoms with van der Waals surface area (Å²) in [5, 5.41) is 3.28. The van der Waals surface area contributed by atoms with Gasteiger partial charge in [0, 0.05) is 17.8 Å². The second kappa shape index (κ2) is 8.60. The first-order valence-corrected chi connectivity index (χ1v) is 10.5. The van der Waals surface area contributed by atoms with Crippen LogP contribution in [-0.4, -0.2) is 6.54 Å². The van der Waals surface area contributed by atoms with Crippen LogP contribution in [0.1, 0.15) is 50.5 Å². The molecule has 0 aromatic heterocycles. The minimum Gasteiger partial charge on any atom is -0.385 e. The fourth-order valence-corrected chi connectivity index (χ4v) is 4.28. The van der Waals surface area contributed by atoms with Gasteiger partial charge in [-0.25, -0.2) is 4.39 Å². The van der Waals surface area contributed by atoms with Crippen LogP contribution in [0.4, 0.5) is 10.1 Å². The minimum absolute atomic E-state index is 0.168. The molecule has 3 aromatic carbocycles. The summed E-state index contributed by atoms with van der Waals surface area (Å²) in [5.74, 6) is 0.513. The lowest BCUT2D eigenvalue weighted by Gasteiger charge is -2.22. The van der Waals surface area contributed by atoms with E-state index in [-0.39, 0.29) is 5.82 Å². The number of halogens is 1. The zero-order valence-corrected chi connectivity index (χ0v) is 16.5. The van der Waals surface area contributed by atoms with E-state index in [1.807, 2.05) is 36.4 Å². The maximum absolute atomic E-state index is 14.9. The summed E-state index contributed by atoms with van der Waals surface area (Å²) in [6.07, 6.45) is 6.60. The Morgan fingerprint density at radius 1 is 0.786 bits per heavy atom. The van der Waals surface area contributed by atoms with E-state index in [9.17, 15) is 4.39 Å². The van der Waals surface area contributed by atoms with E-state index in [2.05, 4.69) is 36.5 Å². The molecule has 0 radical (unpaired) electrons. The number of benzene rings is 3. The standard InChI is InChI=1S/C26H28FN/c1-2-28-24-15-12-21(13-16-24)23-14-17-25(26(27)18-23)22-10-8-20(9-11-22)19-6-4-3-5-7-19/h8-19,28H,2-7H2,1H3. The first-order chi connectivity index (χ1) is 13.7. The Labute approximate surface area is 167 Å². The zero-order valence-electron chi connectivity index (χ0n) is 16.5. The van der Waals surface area contributed by atoms with Crippen molar-refractivity contribution < 1.29 is 4.39 Å². The van der Waals surface area contributed by atoms with E-state index >= 15 is 0 Å². The third-order valence-electron chi connectivity index (χ3n) is 5.87. The molecule has 0 saturated heterocycles. The Bertz CT molecular complexity index is 906. The quantitative estimate of drug-likeness (QED) is 0.484. The van der Waals surface area contributed by atoms with Crippen molar-refractivity contribution in [2.24, 2.45) is 0 Å². The molecule has 0 spiro atoms. The van der Waals surface area contributed by atoms with E-state index in [0.717, 1.165) is 28.9 Å². The van der Waals surface area contributed by atoms with Crippen LogP contribution in [0.5, 0.6) is 0 Å². The second-order valence-electron chi connectivity index (χ2n) is 7.76. The minimum atomic E-state index is -0.168. The highest BCUT2D eigenvalue weighted by molar-refractivity contribution is 5.72. The predicted molar refractivity (Wildman–Crippen MR) is 117 cm³/mol. The molecular weight excluding hydrogens is 345 g/mol. The third kappa shape index (κ3) is 4.11. The molecule has 1 aliphatic rings. The maximum Gasteiger partial charge on any atom is 0.131 e. The summed E-state index contributed by atoms with van der Waals surface area (Å²) < 4.78 is 14.9. The van der Waals surface area contributed by atoms with Gasteiger partial charge in [0.1, 0.15) is 5.82 Å². The summed E-state index contributed by atoms with van der Waals surface area (Å²) in [6.45, 7) is 2.96. The van der Waals surface area contributed by atoms with Gasteiger partial charge in [0.2, 0.25) is 0 Å². The first kappa shape index (κ1) is 18.7. The topological polar surface area (TPSA) is 12.0 Å².